The highest BCUT2D eigenvalue weighted by Crippen LogP contribution is 2.10. The van der Waals surface area contributed by atoms with Crippen LogP contribution in [0.4, 0.5) is 0 Å². The third-order valence-corrected chi connectivity index (χ3v) is 1.56. The molecule has 0 unspecified atom stereocenters. The van der Waals surface area contributed by atoms with Crippen molar-refractivity contribution in [3.8, 4) is 6.07 Å². The van der Waals surface area contributed by atoms with Crippen molar-refractivity contribution in [2.75, 3.05) is 20.3 Å². The molecule has 0 aromatic rings. The van der Waals surface area contributed by atoms with E-state index in [2.05, 4.69) is 11.4 Å². The van der Waals surface area contributed by atoms with E-state index in [9.17, 15) is 4.79 Å². The van der Waals surface area contributed by atoms with Crippen LogP contribution < -0.4 is 5.32 Å². The smallest absolute Gasteiger partial charge is 0.222 e. The highest BCUT2D eigenvalue weighted by atomic mass is 16.5. The SMILES string of the molecule is COCCC(=O)NCC(C)(C)C#N. The van der Waals surface area contributed by atoms with Gasteiger partial charge in [0.1, 0.15) is 0 Å². The molecule has 0 heterocycles. The Kier molecular flexibility index (Phi) is 5.09. The molecule has 0 aliphatic rings. The molecule has 4 heteroatoms. The van der Waals surface area contributed by atoms with E-state index in [0.29, 0.717) is 19.6 Å². The zero-order valence-corrected chi connectivity index (χ0v) is 8.39. The maximum atomic E-state index is 11.1. The Bertz CT molecular complexity index is 206. The molecule has 4 nitrogen and oxygen atoms in total. The first-order chi connectivity index (χ1) is 6.02. The lowest BCUT2D eigenvalue weighted by Crippen LogP contribution is -2.33. The third-order valence-electron chi connectivity index (χ3n) is 1.56. The normalized spacial score (nSPS) is 10.6. The molecule has 0 aromatic carbocycles. The second-order valence-corrected chi connectivity index (χ2v) is 3.52. The number of nitrogens with one attached hydrogen (secondary N) is 1. The minimum atomic E-state index is -0.497. The van der Waals surface area contributed by atoms with Gasteiger partial charge in [-0.25, -0.2) is 0 Å². The third kappa shape index (κ3) is 6.12. The first-order valence-electron chi connectivity index (χ1n) is 4.19. The minimum absolute atomic E-state index is 0.0785. The number of carbonyl (C=O) groups is 1. The summed E-state index contributed by atoms with van der Waals surface area (Å²) in [6.45, 7) is 4.36. The van der Waals surface area contributed by atoms with E-state index >= 15 is 0 Å². The topological polar surface area (TPSA) is 62.1 Å². The maximum absolute atomic E-state index is 11.1. The lowest BCUT2D eigenvalue weighted by atomic mass is 9.96. The standard InChI is InChI=1S/C9H16N2O2/c1-9(2,6-10)7-11-8(12)4-5-13-3/h4-5,7H2,1-3H3,(H,11,12). The molecule has 0 aromatic heterocycles. The fourth-order valence-electron chi connectivity index (χ4n) is 0.642. The Morgan fingerprint density at radius 3 is 2.69 bits per heavy atom. The van der Waals surface area contributed by atoms with Gasteiger partial charge in [0, 0.05) is 20.1 Å². The van der Waals surface area contributed by atoms with Gasteiger partial charge >= 0.3 is 0 Å². The van der Waals surface area contributed by atoms with Gasteiger partial charge in [-0.1, -0.05) is 0 Å². The molecule has 74 valence electrons. The zero-order chi connectivity index (χ0) is 10.3. The summed E-state index contributed by atoms with van der Waals surface area (Å²) in [5.41, 5.74) is -0.497. The molecule has 1 N–H and O–H groups in total. The van der Waals surface area contributed by atoms with Gasteiger partial charge in [0.05, 0.1) is 18.1 Å². The quantitative estimate of drug-likeness (QED) is 0.683. The van der Waals surface area contributed by atoms with E-state index < -0.39 is 5.41 Å². The summed E-state index contributed by atoms with van der Waals surface area (Å²) in [4.78, 5) is 11.1. The largest absolute Gasteiger partial charge is 0.384 e. The number of amides is 1. The Balaban J connectivity index is 3.65. The lowest BCUT2D eigenvalue weighted by Gasteiger charge is -2.15. The number of hydrogen-bond donors (Lipinski definition) is 1. The first kappa shape index (κ1) is 11.9. The van der Waals surface area contributed by atoms with Gasteiger partial charge < -0.3 is 10.1 Å². The Morgan fingerprint density at radius 1 is 1.62 bits per heavy atom. The van der Waals surface area contributed by atoms with Crippen molar-refractivity contribution in [2.45, 2.75) is 20.3 Å². The number of rotatable bonds is 5. The van der Waals surface area contributed by atoms with Gasteiger partial charge in [-0.3, -0.25) is 4.79 Å². The molecule has 0 rings (SSSR count). The molecule has 0 aliphatic heterocycles. The van der Waals surface area contributed by atoms with Crippen molar-refractivity contribution in [2.24, 2.45) is 5.41 Å². The number of ether oxygens (including phenoxy) is 1. The van der Waals surface area contributed by atoms with Crippen LogP contribution in [0.1, 0.15) is 20.3 Å². The van der Waals surface area contributed by atoms with Crippen molar-refractivity contribution in [3.63, 3.8) is 0 Å². The molecule has 0 aliphatic carbocycles. The van der Waals surface area contributed by atoms with Gasteiger partial charge in [0.25, 0.3) is 0 Å². The second kappa shape index (κ2) is 5.55. The van der Waals surface area contributed by atoms with Gasteiger partial charge in [-0.05, 0) is 13.8 Å². The number of methoxy groups -OCH3 is 1. The summed E-state index contributed by atoms with van der Waals surface area (Å²) < 4.78 is 4.74. The molecule has 0 atom stereocenters. The summed E-state index contributed by atoms with van der Waals surface area (Å²) in [6, 6.07) is 2.11. The summed E-state index contributed by atoms with van der Waals surface area (Å²) in [5.74, 6) is -0.0785. The number of carbonyl (C=O) groups excluding carboxylic acids is 1. The molecule has 13 heavy (non-hydrogen) atoms. The van der Waals surface area contributed by atoms with E-state index in [4.69, 9.17) is 10.00 Å². The molecule has 0 fully saturated rings. The van der Waals surface area contributed by atoms with Crippen LogP contribution in [-0.4, -0.2) is 26.2 Å². The zero-order valence-electron chi connectivity index (χ0n) is 8.39. The van der Waals surface area contributed by atoms with Gasteiger partial charge in [0.15, 0.2) is 0 Å². The Labute approximate surface area is 78.9 Å². The summed E-state index contributed by atoms with van der Waals surface area (Å²) >= 11 is 0. The number of hydrogen-bond acceptors (Lipinski definition) is 3. The van der Waals surface area contributed by atoms with Crippen molar-refractivity contribution in [1.29, 1.82) is 5.26 Å². The van der Waals surface area contributed by atoms with E-state index in [-0.39, 0.29) is 5.91 Å². The number of nitriles is 1. The number of nitrogens with zero attached hydrogens (tertiary/aromatic N) is 1. The van der Waals surface area contributed by atoms with Crippen LogP contribution in [0.2, 0.25) is 0 Å². The Morgan fingerprint density at radius 2 is 2.23 bits per heavy atom. The van der Waals surface area contributed by atoms with Crippen molar-refractivity contribution < 1.29 is 9.53 Å². The van der Waals surface area contributed by atoms with Crippen LogP contribution in [0.25, 0.3) is 0 Å². The average Bonchev–Trinajstić information content (AvgIpc) is 2.11. The van der Waals surface area contributed by atoms with Gasteiger partial charge in [-0.15, -0.1) is 0 Å². The minimum Gasteiger partial charge on any atom is -0.384 e. The van der Waals surface area contributed by atoms with Crippen molar-refractivity contribution >= 4 is 5.91 Å². The van der Waals surface area contributed by atoms with E-state index in [1.165, 1.54) is 0 Å². The van der Waals surface area contributed by atoms with E-state index in [0.717, 1.165) is 0 Å². The fourth-order valence-corrected chi connectivity index (χ4v) is 0.642. The van der Waals surface area contributed by atoms with Gasteiger partial charge in [0.2, 0.25) is 5.91 Å². The Hall–Kier alpha value is -1.08. The van der Waals surface area contributed by atoms with Crippen LogP contribution in [0.3, 0.4) is 0 Å². The fraction of sp³-hybridized carbons (Fsp3) is 0.778. The van der Waals surface area contributed by atoms with Crippen LogP contribution in [0.5, 0.6) is 0 Å². The monoisotopic (exact) mass is 184 g/mol. The van der Waals surface area contributed by atoms with E-state index in [1.54, 1.807) is 21.0 Å². The predicted octanol–water partition coefficient (Wildman–Crippen LogP) is 0.689. The molecular formula is C9H16N2O2. The maximum Gasteiger partial charge on any atom is 0.222 e. The summed E-state index contributed by atoms with van der Waals surface area (Å²) in [5, 5.41) is 11.3. The molecule has 0 saturated heterocycles. The first-order valence-corrected chi connectivity index (χ1v) is 4.19. The van der Waals surface area contributed by atoms with Crippen LogP contribution in [0.15, 0.2) is 0 Å². The van der Waals surface area contributed by atoms with Crippen molar-refractivity contribution in [3.05, 3.63) is 0 Å². The molecule has 1 amide bonds. The van der Waals surface area contributed by atoms with Crippen molar-refractivity contribution in [1.82, 2.24) is 5.32 Å². The molecule has 0 bridgehead atoms. The highest BCUT2D eigenvalue weighted by molar-refractivity contribution is 5.76. The average molecular weight is 184 g/mol. The van der Waals surface area contributed by atoms with Crippen LogP contribution in [-0.2, 0) is 9.53 Å². The molecule has 0 spiro atoms. The predicted molar refractivity (Wildman–Crippen MR) is 48.9 cm³/mol. The van der Waals surface area contributed by atoms with E-state index in [1.807, 2.05) is 0 Å². The van der Waals surface area contributed by atoms with Crippen LogP contribution in [0, 0.1) is 16.7 Å². The summed E-state index contributed by atoms with van der Waals surface area (Å²) in [7, 11) is 1.55. The lowest BCUT2D eigenvalue weighted by molar-refractivity contribution is -0.122. The highest BCUT2D eigenvalue weighted by Gasteiger charge is 2.17. The van der Waals surface area contributed by atoms with Gasteiger partial charge in [-0.2, -0.15) is 5.26 Å². The van der Waals surface area contributed by atoms with Crippen LogP contribution >= 0.6 is 0 Å². The summed E-state index contributed by atoms with van der Waals surface area (Å²) in [6.07, 6.45) is 0.345. The molecule has 0 saturated carbocycles. The molecule has 0 radical (unpaired) electrons. The molecular weight excluding hydrogens is 168 g/mol. The second-order valence-electron chi connectivity index (χ2n) is 3.52.